The van der Waals surface area contributed by atoms with Gasteiger partial charge in [-0.2, -0.15) is 5.10 Å². The third-order valence-corrected chi connectivity index (χ3v) is 4.49. The van der Waals surface area contributed by atoms with Crippen molar-refractivity contribution in [1.29, 1.82) is 0 Å². The first-order valence-electron chi connectivity index (χ1n) is 7.25. The summed E-state index contributed by atoms with van der Waals surface area (Å²) in [6.45, 7) is 8.43. The first kappa shape index (κ1) is 17.1. The predicted octanol–water partition coefficient (Wildman–Crippen LogP) is 1.35. The molecule has 0 fully saturated rings. The Morgan fingerprint density at radius 3 is 2.70 bits per heavy atom. The van der Waals surface area contributed by atoms with Crippen LogP contribution in [0.25, 0.3) is 0 Å². The van der Waals surface area contributed by atoms with Gasteiger partial charge in [0.25, 0.3) is 0 Å². The number of hydrogen-bond acceptors (Lipinski definition) is 4. The summed E-state index contributed by atoms with van der Waals surface area (Å²) in [5.41, 5.74) is 0. The molecule has 2 N–H and O–H groups in total. The van der Waals surface area contributed by atoms with Gasteiger partial charge >= 0.3 is 0 Å². The zero-order valence-electron chi connectivity index (χ0n) is 12.6. The highest BCUT2D eigenvalue weighted by atomic mass is 32.2. The molecule has 0 spiro atoms. The lowest BCUT2D eigenvalue weighted by Gasteiger charge is -2.11. The Bertz CT molecular complexity index is 484. The quantitative estimate of drug-likeness (QED) is 0.640. The molecule has 1 rings (SSSR count). The lowest BCUT2D eigenvalue weighted by molar-refractivity contribution is 0.541. The summed E-state index contributed by atoms with van der Waals surface area (Å²) in [4.78, 5) is 0.232. The van der Waals surface area contributed by atoms with Gasteiger partial charge in [0.15, 0.2) is 0 Å². The van der Waals surface area contributed by atoms with Crippen LogP contribution in [0.15, 0.2) is 17.3 Å². The van der Waals surface area contributed by atoms with Crippen molar-refractivity contribution in [2.75, 3.05) is 13.1 Å². The summed E-state index contributed by atoms with van der Waals surface area (Å²) in [6, 6.07) is -0.0560. The first-order valence-corrected chi connectivity index (χ1v) is 8.73. The van der Waals surface area contributed by atoms with E-state index in [0.717, 1.165) is 32.4 Å². The van der Waals surface area contributed by atoms with Crippen molar-refractivity contribution in [3.63, 3.8) is 0 Å². The maximum Gasteiger partial charge on any atom is 0.243 e. The zero-order chi connectivity index (χ0) is 15.0. The Labute approximate surface area is 122 Å². The Morgan fingerprint density at radius 2 is 2.05 bits per heavy atom. The molecule has 1 heterocycles. The highest BCUT2D eigenvalue weighted by Gasteiger charge is 2.18. The molecule has 1 atom stereocenters. The summed E-state index contributed by atoms with van der Waals surface area (Å²) >= 11 is 0. The molecule has 0 aliphatic heterocycles. The summed E-state index contributed by atoms with van der Waals surface area (Å²) in [5, 5.41) is 7.35. The van der Waals surface area contributed by atoms with E-state index >= 15 is 0 Å². The molecule has 0 amide bonds. The minimum Gasteiger partial charge on any atom is -0.315 e. The van der Waals surface area contributed by atoms with Gasteiger partial charge in [0, 0.05) is 18.8 Å². The van der Waals surface area contributed by atoms with Crippen molar-refractivity contribution < 1.29 is 8.42 Å². The van der Waals surface area contributed by atoms with Crippen molar-refractivity contribution in [2.24, 2.45) is 0 Å². The number of nitrogens with zero attached hydrogens (tertiary/aromatic N) is 2. The van der Waals surface area contributed by atoms with Crippen LogP contribution in [-0.2, 0) is 16.6 Å². The summed E-state index contributed by atoms with van der Waals surface area (Å²) in [5.74, 6) is 0. The van der Waals surface area contributed by atoms with E-state index in [-0.39, 0.29) is 10.9 Å². The Balaban J connectivity index is 2.56. The first-order chi connectivity index (χ1) is 9.49. The van der Waals surface area contributed by atoms with Crippen molar-refractivity contribution in [3.8, 4) is 0 Å². The minimum absolute atomic E-state index is 0.0560. The number of sulfonamides is 1. The molecular formula is C13H26N4O2S. The monoisotopic (exact) mass is 302 g/mol. The lowest BCUT2D eigenvalue weighted by atomic mass is 10.2. The van der Waals surface area contributed by atoms with E-state index in [4.69, 9.17) is 0 Å². The van der Waals surface area contributed by atoms with Crippen LogP contribution in [-0.4, -0.2) is 37.3 Å². The van der Waals surface area contributed by atoms with Crippen molar-refractivity contribution in [1.82, 2.24) is 19.8 Å². The van der Waals surface area contributed by atoms with E-state index in [0.29, 0.717) is 6.54 Å². The van der Waals surface area contributed by atoms with Gasteiger partial charge in [0.2, 0.25) is 10.0 Å². The van der Waals surface area contributed by atoms with Crippen molar-refractivity contribution >= 4 is 10.0 Å². The largest absolute Gasteiger partial charge is 0.315 e. The van der Waals surface area contributed by atoms with Crippen LogP contribution in [0.4, 0.5) is 0 Å². The van der Waals surface area contributed by atoms with Crippen LogP contribution in [0.3, 0.4) is 0 Å². The predicted molar refractivity (Wildman–Crippen MR) is 80.1 cm³/mol. The van der Waals surface area contributed by atoms with E-state index in [9.17, 15) is 8.42 Å². The minimum atomic E-state index is -3.45. The second-order valence-corrected chi connectivity index (χ2v) is 6.71. The normalized spacial score (nSPS) is 13.6. The van der Waals surface area contributed by atoms with Crippen molar-refractivity contribution in [3.05, 3.63) is 12.4 Å². The average Bonchev–Trinajstić information content (AvgIpc) is 2.84. The second-order valence-electron chi connectivity index (χ2n) is 5.00. The summed E-state index contributed by atoms with van der Waals surface area (Å²) < 4.78 is 28.6. The van der Waals surface area contributed by atoms with Crippen LogP contribution in [0.1, 0.15) is 40.0 Å². The molecule has 6 nitrogen and oxygen atoms in total. The summed E-state index contributed by atoms with van der Waals surface area (Å²) in [7, 11) is -3.45. The fraction of sp³-hybridized carbons (Fsp3) is 0.769. The van der Waals surface area contributed by atoms with E-state index in [1.165, 1.54) is 6.20 Å². The van der Waals surface area contributed by atoms with Gasteiger partial charge in [-0.3, -0.25) is 4.68 Å². The number of nitrogens with one attached hydrogen (secondary N) is 2. The van der Waals surface area contributed by atoms with Crippen LogP contribution in [0.5, 0.6) is 0 Å². The molecule has 0 aliphatic rings. The molecule has 0 saturated carbocycles. The smallest absolute Gasteiger partial charge is 0.243 e. The van der Waals surface area contributed by atoms with E-state index in [2.05, 4.69) is 22.1 Å². The average molecular weight is 302 g/mol. The number of aromatic nitrogens is 2. The van der Waals surface area contributed by atoms with E-state index < -0.39 is 10.0 Å². The van der Waals surface area contributed by atoms with Crippen LogP contribution >= 0.6 is 0 Å². The fourth-order valence-corrected chi connectivity index (χ4v) is 3.16. The molecule has 1 aromatic rings. The molecule has 0 saturated heterocycles. The summed E-state index contributed by atoms with van der Waals surface area (Å²) in [6.07, 6.45) is 5.84. The molecule has 0 aliphatic carbocycles. The van der Waals surface area contributed by atoms with Crippen LogP contribution in [0, 0.1) is 0 Å². The van der Waals surface area contributed by atoms with Crippen LogP contribution in [0.2, 0.25) is 0 Å². The molecular weight excluding hydrogens is 276 g/mol. The maximum absolute atomic E-state index is 12.1. The third kappa shape index (κ3) is 5.60. The third-order valence-electron chi connectivity index (χ3n) is 2.94. The standard InChI is InChI=1S/C13H26N4O2S/c1-4-6-12(3)16-20(18,19)13-10-15-17(11-13)9-8-14-7-5-2/h10-12,14,16H,4-9H2,1-3H3. The van der Waals surface area contributed by atoms with Crippen LogP contribution < -0.4 is 10.0 Å². The maximum atomic E-state index is 12.1. The Hall–Kier alpha value is -0.920. The molecule has 1 aromatic heterocycles. The van der Waals surface area contributed by atoms with Gasteiger partial charge in [-0.15, -0.1) is 0 Å². The SMILES string of the molecule is CCCNCCn1cc(S(=O)(=O)NC(C)CCC)cn1. The molecule has 116 valence electrons. The molecule has 0 bridgehead atoms. The van der Waals surface area contributed by atoms with Gasteiger partial charge in [-0.25, -0.2) is 13.1 Å². The zero-order valence-corrected chi connectivity index (χ0v) is 13.4. The fourth-order valence-electron chi connectivity index (χ4n) is 1.93. The highest BCUT2D eigenvalue weighted by molar-refractivity contribution is 7.89. The van der Waals surface area contributed by atoms with E-state index in [1.807, 2.05) is 13.8 Å². The van der Waals surface area contributed by atoms with Gasteiger partial charge in [-0.05, 0) is 26.3 Å². The second kappa shape index (κ2) is 8.39. The van der Waals surface area contributed by atoms with Gasteiger partial charge in [0.05, 0.1) is 12.7 Å². The number of rotatable bonds is 10. The molecule has 0 aromatic carbocycles. The highest BCUT2D eigenvalue weighted by Crippen LogP contribution is 2.09. The van der Waals surface area contributed by atoms with E-state index in [1.54, 1.807) is 10.9 Å². The van der Waals surface area contributed by atoms with Gasteiger partial charge in [-0.1, -0.05) is 20.3 Å². The van der Waals surface area contributed by atoms with Gasteiger partial charge in [0.1, 0.15) is 4.90 Å². The van der Waals surface area contributed by atoms with Crippen molar-refractivity contribution in [2.45, 2.75) is 57.5 Å². The van der Waals surface area contributed by atoms with Gasteiger partial charge < -0.3 is 5.32 Å². The topological polar surface area (TPSA) is 76.0 Å². The molecule has 7 heteroatoms. The lowest BCUT2D eigenvalue weighted by Crippen LogP contribution is -2.32. The Kier molecular flexibility index (Phi) is 7.18. The number of hydrogen-bond donors (Lipinski definition) is 2. The molecule has 20 heavy (non-hydrogen) atoms. The molecule has 1 unspecified atom stereocenters. The molecule has 0 radical (unpaired) electrons. The Morgan fingerprint density at radius 1 is 1.30 bits per heavy atom.